The number of nitrogens with zero attached hydrogens (tertiary/aromatic N) is 1. The van der Waals surface area contributed by atoms with Crippen molar-refractivity contribution < 1.29 is 23.4 Å². The van der Waals surface area contributed by atoms with Crippen LogP contribution in [0.25, 0.3) is 0 Å². The van der Waals surface area contributed by atoms with Gasteiger partial charge in [-0.3, -0.25) is 0 Å². The molecule has 0 aliphatic carbocycles. The summed E-state index contributed by atoms with van der Waals surface area (Å²) in [6.07, 6.45) is 0.546. The van der Waals surface area contributed by atoms with Crippen LogP contribution in [-0.2, 0) is 10.0 Å². The first-order valence-electron chi connectivity index (χ1n) is 6.08. The van der Waals surface area contributed by atoms with Gasteiger partial charge in [-0.25, -0.2) is 13.2 Å². The third-order valence-electron chi connectivity index (χ3n) is 2.68. The highest BCUT2D eigenvalue weighted by molar-refractivity contribution is 7.89. The molecule has 0 heterocycles. The number of aromatic carboxylic acids is 1. The van der Waals surface area contributed by atoms with Crippen molar-refractivity contribution in [3.05, 3.63) is 23.8 Å². The molecule has 0 bridgehead atoms. The van der Waals surface area contributed by atoms with Gasteiger partial charge in [0.15, 0.2) is 0 Å². The van der Waals surface area contributed by atoms with E-state index in [1.807, 2.05) is 0 Å². The van der Waals surface area contributed by atoms with Crippen LogP contribution in [0.2, 0.25) is 0 Å². The molecule has 0 spiro atoms. The minimum atomic E-state index is -4.01. The average molecular weight is 302 g/mol. The molecule has 0 fully saturated rings. The maximum absolute atomic E-state index is 12.5. The van der Waals surface area contributed by atoms with Crippen LogP contribution in [-0.4, -0.2) is 48.6 Å². The first kappa shape index (κ1) is 16.4. The summed E-state index contributed by atoms with van der Waals surface area (Å²) < 4.78 is 26.0. The molecule has 0 unspecified atom stereocenters. The molecule has 20 heavy (non-hydrogen) atoms. The van der Waals surface area contributed by atoms with E-state index in [9.17, 15) is 13.2 Å². The fraction of sp³-hybridized carbons (Fsp3) is 0.417. The normalized spacial score (nSPS) is 11.8. The van der Waals surface area contributed by atoms with Crippen molar-refractivity contribution >= 4 is 21.7 Å². The van der Waals surface area contributed by atoms with Crippen molar-refractivity contribution in [3.8, 4) is 0 Å². The van der Waals surface area contributed by atoms with Crippen LogP contribution in [0.4, 0.5) is 5.69 Å². The lowest BCUT2D eigenvalue weighted by molar-refractivity contribution is 0.0692. The highest BCUT2D eigenvalue weighted by Gasteiger charge is 2.28. The second-order valence-electron chi connectivity index (χ2n) is 4.19. The van der Waals surface area contributed by atoms with Crippen LogP contribution in [0.15, 0.2) is 23.1 Å². The highest BCUT2D eigenvalue weighted by atomic mass is 32.2. The lowest BCUT2D eigenvalue weighted by Crippen LogP contribution is -2.35. The second kappa shape index (κ2) is 6.69. The van der Waals surface area contributed by atoms with E-state index >= 15 is 0 Å². The molecule has 7 nitrogen and oxygen atoms in total. The fourth-order valence-electron chi connectivity index (χ4n) is 1.78. The van der Waals surface area contributed by atoms with E-state index in [0.717, 1.165) is 16.4 Å². The number of aliphatic hydroxyl groups excluding tert-OH is 1. The number of aliphatic hydroxyl groups is 1. The Hall–Kier alpha value is -1.64. The summed E-state index contributed by atoms with van der Waals surface area (Å²) in [6.45, 7) is 1.54. The van der Waals surface area contributed by atoms with E-state index in [-0.39, 0.29) is 35.8 Å². The van der Waals surface area contributed by atoms with Crippen LogP contribution in [0.3, 0.4) is 0 Å². The molecular formula is C12H18N2O5S. The van der Waals surface area contributed by atoms with Crippen LogP contribution in [0, 0.1) is 0 Å². The minimum Gasteiger partial charge on any atom is -0.478 e. The molecule has 0 radical (unpaired) electrons. The van der Waals surface area contributed by atoms with Crippen molar-refractivity contribution in [3.63, 3.8) is 0 Å². The number of nitrogens with two attached hydrogens (primary N) is 1. The lowest BCUT2D eigenvalue weighted by atomic mass is 10.2. The summed E-state index contributed by atoms with van der Waals surface area (Å²) in [7, 11) is -4.01. The molecule has 0 aromatic heterocycles. The number of rotatable bonds is 7. The maximum Gasteiger partial charge on any atom is 0.337 e. The van der Waals surface area contributed by atoms with Gasteiger partial charge in [0, 0.05) is 18.8 Å². The van der Waals surface area contributed by atoms with Crippen molar-refractivity contribution in [1.29, 1.82) is 0 Å². The number of carboxylic acid groups (broad SMARTS) is 1. The average Bonchev–Trinajstić information content (AvgIpc) is 2.38. The Morgan fingerprint density at radius 2 is 2.00 bits per heavy atom. The highest BCUT2D eigenvalue weighted by Crippen LogP contribution is 2.23. The van der Waals surface area contributed by atoms with E-state index < -0.39 is 16.0 Å². The standard InChI is InChI=1S/C12H18N2O5S/c1-2-5-14(6-7-15)20(18,19)11-8-9(13)3-4-10(11)12(16)17/h3-4,8,15H,2,5-7,13H2,1H3,(H,16,17). The third-order valence-corrected chi connectivity index (χ3v) is 4.61. The topological polar surface area (TPSA) is 121 Å². The molecule has 8 heteroatoms. The number of anilines is 1. The molecule has 0 amide bonds. The van der Waals surface area contributed by atoms with Gasteiger partial charge in [-0.2, -0.15) is 4.31 Å². The molecule has 1 aromatic carbocycles. The van der Waals surface area contributed by atoms with Crippen molar-refractivity contribution in [2.75, 3.05) is 25.4 Å². The summed E-state index contributed by atoms with van der Waals surface area (Å²) >= 11 is 0. The van der Waals surface area contributed by atoms with E-state index in [1.165, 1.54) is 6.07 Å². The SMILES string of the molecule is CCCN(CCO)S(=O)(=O)c1cc(N)ccc1C(=O)O. The molecule has 0 aliphatic heterocycles. The summed E-state index contributed by atoms with van der Waals surface area (Å²) in [6, 6.07) is 3.62. The zero-order chi connectivity index (χ0) is 15.3. The van der Waals surface area contributed by atoms with Crippen molar-refractivity contribution in [2.45, 2.75) is 18.2 Å². The quantitative estimate of drug-likeness (QED) is 0.625. The minimum absolute atomic E-state index is 0.0932. The number of nitrogen functional groups attached to an aromatic ring is 1. The Morgan fingerprint density at radius 3 is 2.50 bits per heavy atom. The van der Waals surface area contributed by atoms with Crippen LogP contribution in [0.5, 0.6) is 0 Å². The van der Waals surface area contributed by atoms with Gasteiger partial charge in [0.1, 0.15) is 0 Å². The fourth-order valence-corrected chi connectivity index (χ4v) is 3.52. The lowest BCUT2D eigenvalue weighted by Gasteiger charge is -2.21. The number of sulfonamides is 1. The Bertz CT molecular complexity index is 580. The number of carbonyl (C=O) groups is 1. The smallest absolute Gasteiger partial charge is 0.337 e. The van der Waals surface area contributed by atoms with E-state index in [0.29, 0.717) is 6.42 Å². The number of carboxylic acids is 1. The molecule has 0 saturated heterocycles. The Labute approximate surface area is 117 Å². The van der Waals surface area contributed by atoms with Crippen LogP contribution < -0.4 is 5.73 Å². The summed E-state index contributed by atoms with van der Waals surface area (Å²) in [5, 5.41) is 18.0. The molecule has 1 rings (SSSR count). The van der Waals surface area contributed by atoms with Crippen molar-refractivity contribution in [1.82, 2.24) is 4.31 Å². The predicted octanol–water partition coefficient (Wildman–Crippen LogP) is 0.360. The third kappa shape index (κ3) is 3.47. The number of hydrogen-bond acceptors (Lipinski definition) is 5. The van der Waals surface area contributed by atoms with E-state index in [2.05, 4.69) is 0 Å². The predicted molar refractivity (Wildman–Crippen MR) is 73.9 cm³/mol. The van der Waals surface area contributed by atoms with E-state index in [4.69, 9.17) is 15.9 Å². The van der Waals surface area contributed by atoms with E-state index in [1.54, 1.807) is 6.92 Å². The molecule has 0 atom stereocenters. The van der Waals surface area contributed by atoms with Gasteiger partial charge in [-0.05, 0) is 24.6 Å². The summed E-state index contributed by atoms with van der Waals surface area (Å²) in [5.74, 6) is -1.34. The number of hydrogen-bond donors (Lipinski definition) is 3. The molecule has 0 aliphatic rings. The monoisotopic (exact) mass is 302 g/mol. The van der Waals surface area contributed by atoms with Gasteiger partial charge in [-0.15, -0.1) is 0 Å². The van der Waals surface area contributed by atoms with Crippen LogP contribution in [0.1, 0.15) is 23.7 Å². The van der Waals surface area contributed by atoms with Gasteiger partial charge in [-0.1, -0.05) is 6.92 Å². The Morgan fingerprint density at radius 1 is 1.35 bits per heavy atom. The summed E-state index contributed by atoms with van der Waals surface area (Å²) in [5.41, 5.74) is 5.37. The molecule has 0 saturated carbocycles. The second-order valence-corrected chi connectivity index (χ2v) is 6.09. The zero-order valence-electron chi connectivity index (χ0n) is 11.1. The van der Waals surface area contributed by atoms with Crippen LogP contribution >= 0.6 is 0 Å². The first-order chi connectivity index (χ1) is 9.34. The number of benzene rings is 1. The molecule has 1 aromatic rings. The Kier molecular flexibility index (Phi) is 5.49. The van der Waals surface area contributed by atoms with Gasteiger partial charge in [0.2, 0.25) is 10.0 Å². The molecule has 112 valence electrons. The first-order valence-corrected chi connectivity index (χ1v) is 7.52. The van der Waals surface area contributed by atoms with Gasteiger partial charge >= 0.3 is 5.97 Å². The molecule has 4 N–H and O–H groups in total. The van der Waals surface area contributed by atoms with Gasteiger partial charge in [0.05, 0.1) is 17.1 Å². The van der Waals surface area contributed by atoms with Crippen molar-refractivity contribution in [2.24, 2.45) is 0 Å². The Balaban J connectivity index is 3.39. The van der Waals surface area contributed by atoms with Gasteiger partial charge in [0.25, 0.3) is 0 Å². The zero-order valence-corrected chi connectivity index (χ0v) is 11.9. The molecular weight excluding hydrogens is 284 g/mol. The van der Waals surface area contributed by atoms with Gasteiger partial charge < -0.3 is 15.9 Å². The largest absolute Gasteiger partial charge is 0.478 e. The maximum atomic E-state index is 12.5. The summed E-state index contributed by atoms with van der Waals surface area (Å²) in [4.78, 5) is 10.8.